The van der Waals surface area contributed by atoms with E-state index in [1.54, 1.807) is 0 Å². The summed E-state index contributed by atoms with van der Waals surface area (Å²) in [5, 5.41) is 0. The smallest absolute Gasteiger partial charge is 0.140 e. The number of benzene rings is 1. The number of carbonyl (C=O) groups excluding carboxylic acids is 1. The maximum Gasteiger partial charge on any atom is 0.140 e. The van der Waals surface area contributed by atoms with Crippen molar-refractivity contribution in [2.75, 3.05) is 0 Å². The fourth-order valence-corrected chi connectivity index (χ4v) is 2.20. The highest BCUT2D eigenvalue weighted by Crippen LogP contribution is 2.24. The molecule has 1 heterocycles. The average molecular weight is 215 g/mol. The van der Waals surface area contributed by atoms with Crippen LogP contribution in [0.3, 0.4) is 0 Å². The summed E-state index contributed by atoms with van der Waals surface area (Å²) >= 11 is 0. The van der Waals surface area contributed by atoms with E-state index < -0.39 is 0 Å². The molecule has 0 aromatic heterocycles. The largest absolute Gasteiger partial charge is 0.367 e. The predicted molar refractivity (Wildman–Crippen MR) is 64.8 cm³/mol. The number of rotatable bonds is 2. The zero-order valence-electron chi connectivity index (χ0n) is 9.65. The minimum Gasteiger partial charge on any atom is -0.367 e. The molecule has 16 heavy (non-hydrogen) atoms. The molecule has 2 rings (SSSR count). The Bertz CT molecular complexity index is 396. The first kappa shape index (κ1) is 10.9. The van der Waals surface area contributed by atoms with E-state index in [4.69, 9.17) is 0 Å². The van der Waals surface area contributed by atoms with Crippen LogP contribution in [0.1, 0.15) is 25.3 Å². The lowest BCUT2D eigenvalue weighted by molar-refractivity contribution is -0.121. The molecule has 2 nitrogen and oxygen atoms in total. The van der Waals surface area contributed by atoms with Crippen molar-refractivity contribution in [3.8, 4) is 0 Å². The Kier molecular flexibility index (Phi) is 3.09. The molecule has 1 fully saturated rings. The van der Waals surface area contributed by atoms with E-state index in [-0.39, 0.29) is 6.04 Å². The summed E-state index contributed by atoms with van der Waals surface area (Å²) in [6.07, 6.45) is 1.16. The zero-order chi connectivity index (χ0) is 11.5. The van der Waals surface area contributed by atoms with E-state index in [2.05, 4.69) is 30.5 Å². The van der Waals surface area contributed by atoms with Crippen molar-refractivity contribution in [1.82, 2.24) is 4.90 Å². The van der Waals surface area contributed by atoms with E-state index in [0.717, 1.165) is 12.2 Å². The first-order valence-corrected chi connectivity index (χ1v) is 5.67. The van der Waals surface area contributed by atoms with Gasteiger partial charge in [0.25, 0.3) is 0 Å². The monoisotopic (exact) mass is 215 g/mol. The number of hydrogen-bond donors (Lipinski definition) is 0. The molecule has 0 spiro atoms. The lowest BCUT2D eigenvalue weighted by Gasteiger charge is -2.36. The van der Waals surface area contributed by atoms with Crippen LogP contribution in [0.2, 0.25) is 0 Å². The number of hydrogen-bond acceptors (Lipinski definition) is 2. The Morgan fingerprint density at radius 1 is 1.38 bits per heavy atom. The van der Waals surface area contributed by atoms with Crippen LogP contribution in [0.25, 0.3) is 0 Å². The number of likely N-dealkylation sites (tertiary alicyclic amines) is 1. The SMILES string of the molecule is C=C1CC(=O)CC(C)N1Cc1ccccc1. The van der Waals surface area contributed by atoms with Crippen LogP contribution >= 0.6 is 0 Å². The topological polar surface area (TPSA) is 20.3 Å². The first-order valence-electron chi connectivity index (χ1n) is 5.67. The van der Waals surface area contributed by atoms with Crippen LogP contribution in [0, 0.1) is 0 Å². The highest BCUT2D eigenvalue weighted by Gasteiger charge is 2.25. The third-order valence-corrected chi connectivity index (χ3v) is 3.06. The normalized spacial score (nSPS) is 21.3. The minimum atomic E-state index is 0.272. The van der Waals surface area contributed by atoms with E-state index >= 15 is 0 Å². The molecule has 0 amide bonds. The van der Waals surface area contributed by atoms with Crippen molar-refractivity contribution < 1.29 is 4.79 Å². The van der Waals surface area contributed by atoms with Crippen LogP contribution in [0.4, 0.5) is 0 Å². The second-order valence-electron chi connectivity index (χ2n) is 4.45. The van der Waals surface area contributed by atoms with Gasteiger partial charge in [0.2, 0.25) is 0 Å². The fourth-order valence-electron chi connectivity index (χ4n) is 2.20. The van der Waals surface area contributed by atoms with E-state index in [9.17, 15) is 4.79 Å². The molecule has 1 aliphatic heterocycles. The molecule has 1 aliphatic rings. The van der Waals surface area contributed by atoms with Gasteiger partial charge in [0.15, 0.2) is 0 Å². The van der Waals surface area contributed by atoms with E-state index in [0.29, 0.717) is 18.6 Å². The second kappa shape index (κ2) is 4.52. The van der Waals surface area contributed by atoms with Gasteiger partial charge in [-0.15, -0.1) is 0 Å². The first-order chi connectivity index (χ1) is 7.66. The van der Waals surface area contributed by atoms with Gasteiger partial charge in [-0.2, -0.15) is 0 Å². The molecule has 0 N–H and O–H groups in total. The number of nitrogens with zero attached hydrogens (tertiary/aromatic N) is 1. The zero-order valence-corrected chi connectivity index (χ0v) is 9.65. The van der Waals surface area contributed by atoms with Gasteiger partial charge in [0, 0.05) is 31.1 Å². The Balaban J connectivity index is 2.09. The summed E-state index contributed by atoms with van der Waals surface area (Å²) in [5.74, 6) is 0.307. The van der Waals surface area contributed by atoms with Gasteiger partial charge in [-0.1, -0.05) is 36.9 Å². The summed E-state index contributed by atoms with van der Waals surface area (Å²) in [5.41, 5.74) is 2.22. The summed E-state index contributed by atoms with van der Waals surface area (Å²) < 4.78 is 0. The second-order valence-corrected chi connectivity index (χ2v) is 4.45. The number of Topliss-reactive ketones (excluding diaryl/α,β-unsaturated/α-hetero) is 1. The molecule has 1 aromatic carbocycles. The molecule has 2 heteroatoms. The maximum absolute atomic E-state index is 11.4. The van der Waals surface area contributed by atoms with Gasteiger partial charge < -0.3 is 4.90 Å². The number of carbonyl (C=O) groups is 1. The third-order valence-electron chi connectivity index (χ3n) is 3.06. The van der Waals surface area contributed by atoms with Crippen molar-refractivity contribution in [2.24, 2.45) is 0 Å². The molecule has 1 unspecified atom stereocenters. The summed E-state index contributed by atoms with van der Waals surface area (Å²) in [7, 11) is 0. The van der Waals surface area contributed by atoms with Crippen LogP contribution in [0.5, 0.6) is 0 Å². The molecular weight excluding hydrogens is 198 g/mol. The Hall–Kier alpha value is -1.57. The van der Waals surface area contributed by atoms with Crippen LogP contribution in [-0.4, -0.2) is 16.7 Å². The quantitative estimate of drug-likeness (QED) is 0.756. The van der Waals surface area contributed by atoms with Gasteiger partial charge in [-0.25, -0.2) is 0 Å². The van der Waals surface area contributed by atoms with Gasteiger partial charge in [-0.05, 0) is 12.5 Å². The molecule has 0 saturated carbocycles. The molecule has 0 aliphatic carbocycles. The highest BCUT2D eigenvalue weighted by atomic mass is 16.1. The Morgan fingerprint density at radius 2 is 2.06 bits per heavy atom. The van der Waals surface area contributed by atoms with Gasteiger partial charge in [0.05, 0.1) is 0 Å². The molecule has 0 radical (unpaired) electrons. The predicted octanol–water partition coefficient (Wildman–Crippen LogP) is 2.75. The number of ketones is 1. The Labute approximate surface area is 96.6 Å². The summed E-state index contributed by atoms with van der Waals surface area (Å²) in [6, 6.07) is 10.6. The van der Waals surface area contributed by atoms with Crippen molar-refractivity contribution in [2.45, 2.75) is 32.4 Å². The summed E-state index contributed by atoms with van der Waals surface area (Å²) in [6.45, 7) is 6.94. The van der Waals surface area contributed by atoms with Gasteiger partial charge >= 0.3 is 0 Å². The fraction of sp³-hybridized carbons (Fsp3) is 0.357. The van der Waals surface area contributed by atoms with E-state index in [1.165, 1.54) is 5.56 Å². The molecule has 1 atom stereocenters. The van der Waals surface area contributed by atoms with Crippen molar-refractivity contribution in [3.05, 3.63) is 48.2 Å². The van der Waals surface area contributed by atoms with Crippen LogP contribution < -0.4 is 0 Å². The maximum atomic E-state index is 11.4. The van der Waals surface area contributed by atoms with Gasteiger partial charge in [0.1, 0.15) is 5.78 Å². The van der Waals surface area contributed by atoms with Crippen molar-refractivity contribution in [1.29, 1.82) is 0 Å². The minimum absolute atomic E-state index is 0.272. The lowest BCUT2D eigenvalue weighted by atomic mass is 9.99. The number of allylic oxidation sites excluding steroid dienone is 1. The molecule has 84 valence electrons. The highest BCUT2D eigenvalue weighted by molar-refractivity contribution is 5.82. The lowest BCUT2D eigenvalue weighted by Crippen LogP contribution is -2.38. The van der Waals surface area contributed by atoms with Crippen LogP contribution in [-0.2, 0) is 11.3 Å². The van der Waals surface area contributed by atoms with Crippen LogP contribution in [0.15, 0.2) is 42.6 Å². The van der Waals surface area contributed by atoms with Crippen molar-refractivity contribution in [3.63, 3.8) is 0 Å². The third kappa shape index (κ3) is 2.32. The Morgan fingerprint density at radius 3 is 2.69 bits per heavy atom. The molecule has 1 saturated heterocycles. The number of piperidine rings is 1. The average Bonchev–Trinajstić information content (AvgIpc) is 2.25. The summed E-state index contributed by atoms with van der Waals surface area (Å²) in [4.78, 5) is 13.6. The standard InChI is InChI=1S/C14H17NO/c1-11-8-14(16)9-12(2)15(11)10-13-6-4-3-5-7-13/h3-7,12H,1,8-10H2,2H3. The molecular formula is C14H17NO. The molecule has 0 bridgehead atoms. The van der Waals surface area contributed by atoms with Crippen molar-refractivity contribution >= 4 is 5.78 Å². The molecule has 1 aromatic rings. The van der Waals surface area contributed by atoms with Gasteiger partial charge in [-0.3, -0.25) is 4.79 Å². The van der Waals surface area contributed by atoms with E-state index in [1.807, 2.05) is 18.2 Å².